The van der Waals surface area contributed by atoms with Gasteiger partial charge in [0.15, 0.2) is 10.9 Å². The molecule has 3 rings (SSSR count). The minimum Gasteiger partial charge on any atom is -0.376 e. The average Bonchev–Trinajstić information content (AvgIpc) is 3.14. The Hall–Kier alpha value is -1.17. The lowest BCUT2D eigenvalue weighted by Crippen LogP contribution is -2.57. The Balaban J connectivity index is 1.85. The van der Waals surface area contributed by atoms with E-state index in [9.17, 15) is 4.79 Å². The molecular weight excluding hydrogens is 356 g/mol. The van der Waals surface area contributed by atoms with Crippen molar-refractivity contribution in [1.82, 2.24) is 10.2 Å². The third-order valence-electron chi connectivity index (χ3n) is 5.36. The number of carbonyl (C=O) groups is 1. The smallest absolute Gasteiger partial charge is 0.169 e. The minimum atomic E-state index is -0.781. The predicted octanol–water partition coefficient (Wildman–Crippen LogP) is 3.66. The maximum Gasteiger partial charge on any atom is 0.169 e. The van der Waals surface area contributed by atoms with Crippen LogP contribution in [0.25, 0.3) is 0 Å². The molecule has 1 N–H and O–H groups in total. The fourth-order valence-electron chi connectivity index (χ4n) is 3.93. The van der Waals surface area contributed by atoms with Crippen molar-refractivity contribution in [3.63, 3.8) is 0 Å². The molecule has 1 aromatic carbocycles. The van der Waals surface area contributed by atoms with E-state index in [2.05, 4.69) is 5.32 Å². The van der Waals surface area contributed by atoms with Crippen molar-refractivity contribution >= 4 is 34.7 Å². The van der Waals surface area contributed by atoms with Crippen LogP contribution in [0, 0.1) is 0 Å². The summed E-state index contributed by atoms with van der Waals surface area (Å²) >= 11 is 12.1. The lowest BCUT2D eigenvalue weighted by Gasteiger charge is -2.45. The second kappa shape index (κ2) is 8.02. The van der Waals surface area contributed by atoms with Crippen LogP contribution in [0.15, 0.2) is 24.3 Å². The molecule has 0 bridgehead atoms. The molecule has 136 valence electrons. The zero-order chi connectivity index (χ0) is 17.9. The van der Waals surface area contributed by atoms with E-state index in [0.29, 0.717) is 23.1 Å². The molecule has 2 fully saturated rings. The van der Waals surface area contributed by atoms with Crippen LogP contribution < -0.4 is 5.32 Å². The highest BCUT2D eigenvalue weighted by atomic mass is 35.5. The maximum absolute atomic E-state index is 13.1. The molecule has 1 aromatic rings. The van der Waals surface area contributed by atoms with Crippen molar-refractivity contribution in [2.45, 2.75) is 50.2 Å². The van der Waals surface area contributed by atoms with Crippen molar-refractivity contribution in [2.24, 2.45) is 0 Å². The molecule has 1 heterocycles. The van der Waals surface area contributed by atoms with Crippen molar-refractivity contribution in [1.29, 1.82) is 0 Å². The number of hydrogen-bond acceptors (Lipinski definition) is 3. The first-order chi connectivity index (χ1) is 12.1. The number of thiocarbonyl (C=S) groups is 1. The zero-order valence-corrected chi connectivity index (χ0v) is 16.2. The van der Waals surface area contributed by atoms with E-state index < -0.39 is 5.54 Å². The molecule has 2 aliphatic rings. The molecule has 0 amide bonds. The quantitative estimate of drug-likeness (QED) is 0.807. The number of likely N-dealkylation sites (N-methyl/N-ethyl adjacent to an activating group) is 1. The SMILES string of the molecule is CN(C(=S)NC[C@H]1CCCO1)[C@@]1(c2ccccc2Cl)CCCCC1=O. The molecule has 0 unspecified atom stereocenters. The Labute approximate surface area is 159 Å². The maximum atomic E-state index is 13.1. The van der Waals surface area contributed by atoms with Gasteiger partial charge in [0.25, 0.3) is 0 Å². The van der Waals surface area contributed by atoms with Crippen molar-refractivity contribution in [2.75, 3.05) is 20.2 Å². The molecule has 4 nitrogen and oxygen atoms in total. The Bertz CT molecular complexity index is 648. The summed E-state index contributed by atoms with van der Waals surface area (Å²) in [6.45, 7) is 1.49. The van der Waals surface area contributed by atoms with E-state index in [1.807, 2.05) is 36.2 Å². The number of nitrogens with one attached hydrogen (secondary N) is 1. The summed E-state index contributed by atoms with van der Waals surface area (Å²) in [6, 6.07) is 7.62. The Kier molecular flexibility index (Phi) is 5.97. The first-order valence-corrected chi connectivity index (χ1v) is 9.76. The lowest BCUT2D eigenvalue weighted by atomic mass is 9.74. The van der Waals surface area contributed by atoms with Gasteiger partial charge in [-0.05, 0) is 50.4 Å². The number of hydrogen-bond donors (Lipinski definition) is 1. The van der Waals surface area contributed by atoms with E-state index in [0.717, 1.165) is 44.3 Å². The Morgan fingerprint density at radius 1 is 1.40 bits per heavy atom. The molecule has 1 saturated carbocycles. The molecule has 1 aliphatic carbocycles. The van der Waals surface area contributed by atoms with Gasteiger partial charge in [0.1, 0.15) is 5.54 Å². The molecule has 25 heavy (non-hydrogen) atoms. The van der Waals surface area contributed by atoms with E-state index in [-0.39, 0.29) is 11.9 Å². The second-order valence-electron chi connectivity index (χ2n) is 6.85. The van der Waals surface area contributed by atoms with E-state index in [1.54, 1.807) is 0 Å². The van der Waals surface area contributed by atoms with E-state index >= 15 is 0 Å². The summed E-state index contributed by atoms with van der Waals surface area (Å²) in [5, 5.41) is 4.49. The molecule has 2 atom stereocenters. The van der Waals surface area contributed by atoms with Crippen molar-refractivity contribution in [3.05, 3.63) is 34.9 Å². The van der Waals surface area contributed by atoms with Gasteiger partial charge in [-0.25, -0.2) is 0 Å². The normalized spacial score (nSPS) is 26.5. The van der Waals surface area contributed by atoms with Crippen LogP contribution in [0.3, 0.4) is 0 Å². The first kappa shape index (κ1) is 18.6. The van der Waals surface area contributed by atoms with Gasteiger partial charge in [-0.2, -0.15) is 0 Å². The summed E-state index contributed by atoms with van der Waals surface area (Å²) in [5.41, 5.74) is 0.0714. The Morgan fingerprint density at radius 3 is 2.88 bits per heavy atom. The number of nitrogens with zero attached hydrogens (tertiary/aromatic N) is 1. The van der Waals surface area contributed by atoms with Crippen LogP contribution in [-0.4, -0.2) is 42.1 Å². The topological polar surface area (TPSA) is 41.6 Å². The molecular formula is C19H25ClN2O2S. The monoisotopic (exact) mass is 380 g/mol. The number of Topliss-reactive ketones (excluding diaryl/α,β-unsaturated/α-hetero) is 1. The number of benzene rings is 1. The van der Waals surface area contributed by atoms with Gasteiger partial charge >= 0.3 is 0 Å². The zero-order valence-electron chi connectivity index (χ0n) is 14.6. The summed E-state index contributed by atoms with van der Waals surface area (Å²) in [5.74, 6) is 0.190. The van der Waals surface area contributed by atoms with Crippen molar-refractivity contribution < 1.29 is 9.53 Å². The second-order valence-corrected chi connectivity index (χ2v) is 7.64. The third kappa shape index (κ3) is 3.69. The van der Waals surface area contributed by atoms with E-state index in [4.69, 9.17) is 28.6 Å². The summed E-state index contributed by atoms with van der Waals surface area (Å²) in [4.78, 5) is 15.0. The largest absolute Gasteiger partial charge is 0.376 e. The van der Waals surface area contributed by atoms with Gasteiger partial charge in [0, 0.05) is 37.2 Å². The fourth-order valence-corrected chi connectivity index (χ4v) is 4.46. The van der Waals surface area contributed by atoms with Crippen LogP contribution >= 0.6 is 23.8 Å². The third-order valence-corrected chi connectivity index (χ3v) is 6.10. The predicted molar refractivity (Wildman–Crippen MR) is 104 cm³/mol. The lowest BCUT2D eigenvalue weighted by molar-refractivity contribution is -0.131. The van der Waals surface area contributed by atoms with Crippen LogP contribution in [-0.2, 0) is 15.1 Å². The van der Waals surface area contributed by atoms with Gasteiger partial charge in [-0.15, -0.1) is 0 Å². The molecule has 6 heteroatoms. The highest BCUT2D eigenvalue weighted by molar-refractivity contribution is 7.80. The highest BCUT2D eigenvalue weighted by Crippen LogP contribution is 2.42. The van der Waals surface area contributed by atoms with Crippen LogP contribution in [0.4, 0.5) is 0 Å². The number of carbonyl (C=O) groups excluding carboxylic acids is 1. The van der Waals surface area contributed by atoms with Crippen LogP contribution in [0.5, 0.6) is 0 Å². The van der Waals surface area contributed by atoms with Gasteiger partial charge in [-0.1, -0.05) is 29.8 Å². The Morgan fingerprint density at radius 2 is 2.20 bits per heavy atom. The van der Waals surface area contributed by atoms with Gasteiger partial charge < -0.3 is 15.0 Å². The standard InChI is InChI=1S/C19H25ClN2O2S/c1-22(18(25)21-13-14-7-6-12-24-14)19(11-5-4-10-17(19)23)15-8-2-3-9-16(15)20/h2-3,8-9,14H,4-7,10-13H2,1H3,(H,21,25)/t14-,19-/m1/s1. The highest BCUT2D eigenvalue weighted by Gasteiger charge is 2.47. The number of ether oxygens (including phenoxy) is 1. The average molecular weight is 381 g/mol. The molecule has 0 spiro atoms. The van der Waals surface area contributed by atoms with Gasteiger partial charge in [0.05, 0.1) is 6.10 Å². The summed E-state index contributed by atoms with van der Waals surface area (Å²) in [7, 11) is 1.90. The minimum absolute atomic E-state index is 0.190. The summed E-state index contributed by atoms with van der Waals surface area (Å²) in [6.07, 6.45) is 5.54. The first-order valence-electron chi connectivity index (χ1n) is 8.97. The fraction of sp³-hybridized carbons (Fsp3) is 0.579. The summed E-state index contributed by atoms with van der Waals surface area (Å²) < 4.78 is 5.65. The van der Waals surface area contributed by atoms with E-state index in [1.165, 1.54) is 0 Å². The van der Waals surface area contributed by atoms with Crippen molar-refractivity contribution in [3.8, 4) is 0 Å². The number of halogens is 1. The van der Waals surface area contributed by atoms with Crippen LogP contribution in [0.1, 0.15) is 44.1 Å². The number of ketones is 1. The molecule has 1 saturated heterocycles. The number of rotatable bonds is 4. The molecule has 0 radical (unpaired) electrons. The van der Waals surface area contributed by atoms with Gasteiger partial charge in [0.2, 0.25) is 0 Å². The molecule has 0 aromatic heterocycles. The van der Waals surface area contributed by atoms with Gasteiger partial charge in [-0.3, -0.25) is 4.79 Å². The van der Waals surface area contributed by atoms with Crippen LogP contribution in [0.2, 0.25) is 5.02 Å². The molecule has 1 aliphatic heterocycles.